The van der Waals surface area contributed by atoms with Crippen LogP contribution in [0.4, 0.5) is 0 Å². The lowest BCUT2D eigenvalue weighted by molar-refractivity contribution is -0.141. The van der Waals surface area contributed by atoms with Crippen molar-refractivity contribution >= 4 is 23.5 Å². The van der Waals surface area contributed by atoms with Gasteiger partial charge in [-0.05, 0) is 29.5 Å². The number of ether oxygens (including phenoxy) is 1. The van der Waals surface area contributed by atoms with Crippen LogP contribution in [0, 0.1) is 0 Å². The van der Waals surface area contributed by atoms with Gasteiger partial charge in [-0.2, -0.15) is 4.68 Å². The molecule has 0 bridgehead atoms. The Labute approximate surface area is 142 Å². The van der Waals surface area contributed by atoms with Crippen LogP contribution in [0.1, 0.15) is 12.7 Å². The molecule has 0 fully saturated rings. The minimum absolute atomic E-state index is 0.0278. The van der Waals surface area contributed by atoms with Crippen LogP contribution in [0.2, 0.25) is 0 Å². The van der Waals surface area contributed by atoms with E-state index in [1.165, 1.54) is 23.9 Å². The van der Waals surface area contributed by atoms with Crippen molar-refractivity contribution in [3.8, 4) is 11.4 Å². The highest BCUT2D eigenvalue weighted by Gasteiger charge is 2.21. The normalized spacial score (nSPS) is 11.3. The molecular formula is C17H14N4O4. The van der Waals surface area contributed by atoms with Crippen LogP contribution in [0.5, 0.6) is 0 Å². The fraction of sp³-hybridized carbons (Fsp3) is 0.118. The third kappa shape index (κ3) is 3.86. The lowest BCUT2D eigenvalue weighted by Gasteiger charge is -2.08. The number of aromatic nitrogens is 4. The molecule has 0 spiro atoms. The average Bonchev–Trinajstić information content (AvgIpc) is 3.29. The Hall–Kier alpha value is -3.55. The minimum atomic E-state index is -0.740. The molecule has 1 aromatic carbocycles. The van der Waals surface area contributed by atoms with Crippen molar-refractivity contribution in [2.45, 2.75) is 6.92 Å². The first-order valence-electron chi connectivity index (χ1n) is 7.41. The second-order valence-electron chi connectivity index (χ2n) is 5.10. The van der Waals surface area contributed by atoms with Crippen LogP contribution in [0.15, 0.2) is 53.1 Å². The molecule has 0 atom stereocenters. The quantitative estimate of drug-likeness (QED) is 0.501. The molecule has 0 N–H and O–H groups in total. The second-order valence-corrected chi connectivity index (χ2v) is 5.10. The lowest BCUT2D eigenvalue weighted by Crippen LogP contribution is -2.17. The number of nitrogens with zero attached hydrogens (tertiary/aromatic N) is 4. The van der Waals surface area contributed by atoms with Crippen LogP contribution in [0.25, 0.3) is 23.2 Å². The van der Waals surface area contributed by atoms with Gasteiger partial charge in [0.2, 0.25) is 0 Å². The van der Waals surface area contributed by atoms with Gasteiger partial charge < -0.3 is 9.15 Å². The van der Waals surface area contributed by atoms with Crippen molar-refractivity contribution in [2.24, 2.45) is 0 Å². The van der Waals surface area contributed by atoms with Crippen molar-refractivity contribution in [1.29, 1.82) is 0 Å². The van der Waals surface area contributed by atoms with E-state index >= 15 is 0 Å². The van der Waals surface area contributed by atoms with Crippen molar-refractivity contribution in [2.75, 3.05) is 6.61 Å². The van der Waals surface area contributed by atoms with Gasteiger partial charge in [-0.15, -0.1) is 5.10 Å². The van der Waals surface area contributed by atoms with E-state index in [2.05, 4.69) is 15.5 Å². The molecule has 2 heterocycles. The Kier molecular flexibility index (Phi) is 4.79. The molecule has 126 valence electrons. The Morgan fingerprint density at radius 1 is 1.20 bits per heavy atom. The van der Waals surface area contributed by atoms with Crippen molar-refractivity contribution < 1.29 is 18.7 Å². The summed E-state index contributed by atoms with van der Waals surface area (Å²) in [4.78, 5) is 23.6. The molecule has 8 nitrogen and oxygen atoms in total. The largest absolute Gasteiger partial charge is 0.465 e. The SMILES string of the molecule is CC(=O)COC(=O)/C(=C/c1ccco1)n1nnnc1-c1ccccc1. The number of carbonyl (C=O) groups is 2. The summed E-state index contributed by atoms with van der Waals surface area (Å²) in [5.74, 6) is -0.232. The first-order valence-corrected chi connectivity index (χ1v) is 7.41. The van der Waals surface area contributed by atoms with Gasteiger partial charge in [0.25, 0.3) is 0 Å². The number of benzene rings is 1. The molecule has 8 heteroatoms. The first-order chi connectivity index (χ1) is 12.1. The monoisotopic (exact) mass is 338 g/mol. The zero-order chi connectivity index (χ0) is 17.6. The summed E-state index contributed by atoms with van der Waals surface area (Å²) < 4.78 is 11.5. The number of Topliss-reactive ketones (excluding diaryl/α,β-unsaturated/α-hetero) is 1. The number of hydrogen-bond acceptors (Lipinski definition) is 7. The zero-order valence-corrected chi connectivity index (χ0v) is 13.3. The maximum atomic E-state index is 12.5. The van der Waals surface area contributed by atoms with E-state index in [4.69, 9.17) is 9.15 Å². The zero-order valence-electron chi connectivity index (χ0n) is 13.3. The topological polar surface area (TPSA) is 100 Å². The summed E-state index contributed by atoms with van der Waals surface area (Å²) >= 11 is 0. The maximum Gasteiger partial charge on any atom is 0.357 e. The summed E-state index contributed by atoms with van der Waals surface area (Å²) in [5, 5.41) is 11.5. The Morgan fingerprint density at radius 2 is 2.00 bits per heavy atom. The molecular weight excluding hydrogens is 324 g/mol. The van der Waals surface area contributed by atoms with Crippen LogP contribution >= 0.6 is 0 Å². The number of ketones is 1. The average molecular weight is 338 g/mol. The van der Waals surface area contributed by atoms with Gasteiger partial charge in [-0.25, -0.2) is 4.79 Å². The predicted molar refractivity (Wildman–Crippen MR) is 87.8 cm³/mol. The third-order valence-electron chi connectivity index (χ3n) is 3.17. The first kappa shape index (κ1) is 16.3. The van der Waals surface area contributed by atoms with E-state index in [1.54, 1.807) is 12.1 Å². The molecule has 3 rings (SSSR count). The smallest absolute Gasteiger partial charge is 0.357 e. The van der Waals surface area contributed by atoms with Gasteiger partial charge in [0, 0.05) is 11.6 Å². The Balaban J connectivity index is 2.03. The fourth-order valence-corrected chi connectivity index (χ4v) is 2.07. The van der Waals surface area contributed by atoms with E-state index in [1.807, 2.05) is 30.3 Å². The minimum Gasteiger partial charge on any atom is -0.465 e. The number of carbonyl (C=O) groups excluding carboxylic acids is 2. The summed E-state index contributed by atoms with van der Waals surface area (Å²) in [7, 11) is 0. The third-order valence-corrected chi connectivity index (χ3v) is 3.17. The molecule has 0 aliphatic heterocycles. The Morgan fingerprint density at radius 3 is 2.68 bits per heavy atom. The molecule has 25 heavy (non-hydrogen) atoms. The molecule has 0 saturated carbocycles. The van der Waals surface area contributed by atoms with Crippen molar-refractivity contribution in [3.05, 3.63) is 54.5 Å². The number of tetrazole rings is 1. The molecule has 0 unspecified atom stereocenters. The molecule has 0 radical (unpaired) electrons. The predicted octanol–water partition coefficient (Wildman–Crippen LogP) is 2.06. The number of furan rings is 1. The summed E-state index contributed by atoms with van der Waals surface area (Å²) in [6.45, 7) is 0.993. The molecule has 0 aliphatic rings. The molecule has 0 saturated heterocycles. The van der Waals surface area contributed by atoms with Gasteiger partial charge in [0.05, 0.1) is 6.26 Å². The van der Waals surface area contributed by atoms with Crippen LogP contribution < -0.4 is 0 Å². The van der Waals surface area contributed by atoms with Gasteiger partial charge in [-0.3, -0.25) is 4.79 Å². The highest BCUT2D eigenvalue weighted by molar-refractivity contribution is 6.15. The van der Waals surface area contributed by atoms with Crippen LogP contribution in [0.3, 0.4) is 0 Å². The van der Waals surface area contributed by atoms with Gasteiger partial charge >= 0.3 is 5.97 Å². The molecule has 0 aliphatic carbocycles. The van der Waals surface area contributed by atoms with E-state index in [9.17, 15) is 9.59 Å². The van der Waals surface area contributed by atoms with Gasteiger partial charge in [0.15, 0.2) is 17.3 Å². The second kappa shape index (κ2) is 7.35. The Bertz CT molecular complexity index is 898. The maximum absolute atomic E-state index is 12.5. The summed E-state index contributed by atoms with van der Waals surface area (Å²) in [5.41, 5.74) is 0.747. The highest BCUT2D eigenvalue weighted by Crippen LogP contribution is 2.21. The summed E-state index contributed by atoms with van der Waals surface area (Å²) in [6, 6.07) is 12.5. The number of esters is 1. The highest BCUT2D eigenvalue weighted by atomic mass is 16.5. The van der Waals surface area contributed by atoms with Gasteiger partial charge in [0.1, 0.15) is 12.4 Å². The van der Waals surface area contributed by atoms with Gasteiger partial charge in [-0.1, -0.05) is 30.3 Å². The van der Waals surface area contributed by atoms with E-state index < -0.39 is 5.97 Å². The molecule has 3 aromatic rings. The molecule has 0 amide bonds. The van der Waals surface area contributed by atoms with Crippen LogP contribution in [-0.2, 0) is 14.3 Å². The van der Waals surface area contributed by atoms with E-state index in [-0.39, 0.29) is 18.1 Å². The van der Waals surface area contributed by atoms with Crippen LogP contribution in [-0.4, -0.2) is 38.6 Å². The van der Waals surface area contributed by atoms with E-state index in [0.717, 1.165) is 5.56 Å². The lowest BCUT2D eigenvalue weighted by atomic mass is 10.2. The standard InChI is InChI=1S/C17H14N4O4/c1-12(22)11-25-17(23)15(10-14-8-5-9-24-14)21-16(18-19-20-21)13-6-3-2-4-7-13/h2-10H,11H2,1H3/b15-10-. The fourth-order valence-electron chi connectivity index (χ4n) is 2.07. The van der Waals surface area contributed by atoms with Crippen molar-refractivity contribution in [1.82, 2.24) is 20.2 Å². The summed E-state index contributed by atoms with van der Waals surface area (Å²) in [6.07, 6.45) is 2.92. The van der Waals surface area contributed by atoms with E-state index in [0.29, 0.717) is 11.6 Å². The number of hydrogen-bond donors (Lipinski definition) is 0. The molecule has 2 aromatic heterocycles. The van der Waals surface area contributed by atoms with Crippen molar-refractivity contribution in [3.63, 3.8) is 0 Å². The number of rotatable bonds is 6.